The molecule has 0 aliphatic carbocycles. The van der Waals surface area contributed by atoms with Crippen LogP contribution in [0.5, 0.6) is 0 Å². The van der Waals surface area contributed by atoms with Gasteiger partial charge in [0.05, 0.1) is 5.69 Å². The summed E-state index contributed by atoms with van der Waals surface area (Å²) in [4.78, 5) is 28.7. The van der Waals surface area contributed by atoms with Crippen LogP contribution in [-0.4, -0.2) is 38.1 Å². The van der Waals surface area contributed by atoms with E-state index < -0.39 is 0 Å². The number of nitrogens with zero attached hydrogens (tertiary/aromatic N) is 5. The van der Waals surface area contributed by atoms with Gasteiger partial charge in [0, 0.05) is 28.9 Å². The first kappa shape index (κ1) is 23.4. The van der Waals surface area contributed by atoms with E-state index in [1.165, 1.54) is 0 Å². The molecule has 1 N–H and O–H groups in total. The van der Waals surface area contributed by atoms with E-state index >= 15 is 0 Å². The molecule has 1 aromatic heterocycles. The molecule has 182 valence electrons. The van der Waals surface area contributed by atoms with Crippen LogP contribution in [0.15, 0.2) is 78.9 Å². The number of aromatic nitrogens is 4. The second-order valence-corrected chi connectivity index (χ2v) is 9.25. The van der Waals surface area contributed by atoms with E-state index in [9.17, 15) is 9.59 Å². The van der Waals surface area contributed by atoms with Crippen molar-refractivity contribution in [3.05, 3.63) is 95.8 Å². The highest BCUT2D eigenvalue weighted by atomic mass is 16.2. The Hall–Kier alpha value is -4.33. The maximum Gasteiger partial charge on any atom is 0.258 e. The van der Waals surface area contributed by atoms with Crippen molar-refractivity contribution in [2.45, 2.75) is 39.2 Å². The van der Waals surface area contributed by atoms with Crippen LogP contribution in [0.2, 0.25) is 0 Å². The van der Waals surface area contributed by atoms with Gasteiger partial charge in [0.25, 0.3) is 5.91 Å². The third-order valence-electron chi connectivity index (χ3n) is 6.89. The summed E-state index contributed by atoms with van der Waals surface area (Å²) in [5.41, 5.74) is 4.02. The zero-order valence-electron chi connectivity index (χ0n) is 20.5. The number of aryl methyl sites for hydroxylation is 1. The lowest BCUT2D eigenvalue weighted by atomic mass is 9.78. The van der Waals surface area contributed by atoms with E-state index in [-0.39, 0.29) is 29.7 Å². The van der Waals surface area contributed by atoms with E-state index in [1.807, 2.05) is 92.4 Å². The molecular weight excluding hydrogens is 452 g/mol. The van der Waals surface area contributed by atoms with Gasteiger partial charge in [-0.1, -0.05) is 43.3 Å². The Morgan fingerprint density at radius 1 is 0.972 bits per heavy atom. The first-order valence-electron chi connectivity index (χ1n) is 12.1. The number of anilines is 2. The predicted molar refractivity (Wildman–Crippen MR) is 138 cm³/mol. The quantitative estimate of drug-likeness (QED) is 0.444. The standard InChI is InChI=1S/C28H28N6O2/c1-18-17-25(19(2)27(35)29-22-9-5-4-6-10-22)24-11-7-8-12-26(24)33(18)28(36)21-13-15-23(16-14-21)34-20(3)30-31-32-34/h4-16,18-19,25H,17H2,1-3H3,(H,29,35). The summed E-state index contributed by atoms with van der Waals surface area (Å²) in [5.74, 6) is 0.305. The zero-order chi connectivity index (χ0) is 25.2. The maximum absolute atomic E-state index is 13.7. The molecule has 0 bridgehead atoms. The summed E-state index contributed by atoms with van der Waals surface area (Å²) >= 11 is 0. The Labute approximate surface area is 209 Å². The number of carbonyl (C=O) groups is 2. The highest BCUT2D eigenvalue weighted by Crippen LogP contribution is 2.43. The monoisotopic (exact) mass is 480 g/mol. The molecule has 5 rings (SSSR count). The van der Waals surface area contributed by atoms with Crippen LogP contribution in [0, 0.1) is 12.8 Å². The smallest absolute Gasteiger partial charge is 0.258 e. The Kier molecular flexibility index (Phi) is 6.33. The van der Waals surface area contributed by atoms with Gasteiger partial charge in [-0.3, -0.25) is 9.59 Å². The molecular formula is C28H28N6O2. The van der Waals surface area contributed by atoms with Gasteiger partial charge >= 0.3 is 0 Å². The van der Waals surface area contributed by atoms with Crippen molar-refractivity contribution in [2.75, 3.05) is 10.2 Å². The van der Waals surface area contributed by atoms with Crippen molar-refractivity contribution in [2.24, 2.45) is 5.92 Å². The molecule has 2 amide bonds. The Morgan fingerprint density at radius 2 is 1.67 bits per heavy atom. The summed E-state index contributed by atoms with van der Waals surface area (Å²) in [5, 5.41) is 14.6. The SMILES string of the molecule is Cc1nnnn1-c1ccc(C(=O)N2c3ccccc3C(C(C)C(=O)Nc3ccccc3)CC2C)cc1. The first-order chi connectivity index (χ1) is 17.4. The molecule has 1 aliphatic heterocycles. The molecule has 0 fully saturated rings. The molecule has 1 aliphatic rings. The van der Waals surface area contributed by atoms with Crippen molar-refractivity contribution in [1.29, 1.82) is 0 Å². The molecule has 0 saturated heterocycles. The van der Waals surface area contributed by atoms with Crippen molar-refractivity contribution < 1.29 is 9.59 Å². The van der Waals surface area contributed by atoms with Crippen molar-refractivity contribution in [1.82, 2.24) is 20.2 Å². The number of rotatable bonds is 5. The lowest BCUT2D eigenvalue weighted by Crippen LogP contribution is -2.45. The molecule has 3 aromatic carbocycles. The molecule has 3 unspecified atom stereocenters. The molecule has 3 atom stereocenters. The highest BCUT2D eigenvalue weighted by molar-refractivity contribution is 6.07. The number of carbonyl (C=O) groups excluding carboxylic acids is 2. The third-order valence-corrected chi connectivity index (χ3v) is 6.89. The average molecular weight is 481 g/mol. The lowest BCUT2D eigenvalue weighted by Gasteiger charge is -2.41. The van der Waals surface area contributed by atoms with Gasteiger partial charge < -0.3 is 10.2 Å². The summed E-state index contributed by atoms with van der Waals surface area (Å²) in [6.07, 6.45) is 0.689. The molecule has 8 nitrogen and oxygen atoms in total. The topological polar surface area (TPSA) is 93.0 Å². The molecule has 0 saturated carbocycles. The largest absolute Gasteiger partial charge is 0.326 e. The predicted octanol–water partition coefficient (Wildman–Crippen LogP) is 4.77. The van der Waals surface area contributed by atoms with Gasteiger partial charge in [-0.15, -0.1) is 5.10 Å². The minimum absolute atomic E-state index is 0.00544. The first-order valence-corrected chi connectivity index (χ1v) is 12.1. The van der Waals surface area contributed by atoms with Gasteiger partial charge in [0.1, 0.15) is 0 Å². The van der Waals surface area contributed by atoms with Crippen LogP contribution >= 0.6 is 0 Å². The van der Waals surface area contributed by atoms with E-state index in [4.69, 9.17) is 0 Å². The number of amides is 2. The fraction of sp³-hybridized carbons (Fsp3) is 0.250. The molecule has 0 spiro atoms. The Morgan fingerprint density at radius 3 is 2.36 bits per heavy atom. The summed E-state index contributed by atoms with van der Waals surface area (Å²) in [7, 11) is 0. The highest BCUT2D eigenvalue weighted by Gasteiger charge is 2.38. The molecule has 8 heteroatoms. The Balaban J connectivity index is 1.40. The number of hydrogen-bond donors (Lipinski definition) is 1. The minimum atomic E-state index is -0.259. The average Bonchev–Trinajstić information content (AvgIpc) is 3.34. The lowest BCUT2D eigenvalue weighted by molar-refractivity contribution is -0.120. The van der Waals surface area contributed by atoms with Crippen LogP contribution in [-0.2, 0) is 4.79 Å². The minimum Gasteiger partial charge on any atom is -0.326 e. The van der Waals surface area contributed by atoms with Gasteiger partial charge in [-0.2, -0.15) is 4.68 Å². The van der Waals surface area contributed by atoms with Crippen molar-refractivity contribution >= 4 is 23.2 Å². The normalized spacial score (nSPS) is 17.8. The van der Waals surface area contributed by atoms with Gasteiger partial charge in [0.2, 0.25) is 5.91 Å². The van der Waals surface area contributed by atoms with Crippen LogP contribution in [0.25, 0.3) is 5.69 Å². The number of hydrogen-bond acceptors (Lipinski definition) is 5. The van der Waals surface area contributed by atoms with Gasteiger partial charge in [-0.05, 0) is 84.6 Å². The number of benzene rings is 3. The maximum atomic E-state index is 13.7. The number of para-hydroxylation sites is 2. The second-order valence-electron chi connectivity index (χ2n) is 9.25. The second kappa shape index (κ2) is 9.73. The number of fused-ring (bicyclic) bond motifs is 1. The number of nitrogens with one attached hydrogen (secondary N) is 1. The van der Waals surface area contributed by atoms with Crippen molar-refractivity contribution in [3.63, 3.8) is 0 Å². The van der Waals surface area contributed by atoms with Crippen LogP contribution in [0.4, 0.5) is 11.4 Å². The van der Waals surface area contributed by atoms with Crippen LogP contribution in [0.1, 0.15) is 47.9 Å². The van der Waals surface area contributed by atoms with E-state index in [0.29, 0.717) is 17.8 Å². The van der Waals surface area contributed by atoms with Crippen molar-refractivity contribution in [3.8, 4) is 5.69 Å². The fourth-order valence-corrected chi connectivity index (χ4v) is 4.96. The van der Waals surface area contributed by atoms with E-state index in [1.54, 1.807) is 16.8 Å². The van der Waals surface area contributed by atoms with Crippen LogP contribution < -0.4 is 10.2 Å². The van der Waals surface area contributed by atoms with Crippen LogP contribution in [0.3, 0.4) is 0 Å². The fourth-order valence-electron chi connectivity index (χ4n) is 4.96. The van der Waals surface area contributed by atoms with Gasteiger partial charge in [-0.25, -0.2) is 0 Å². The number of tetrazole rings is 1. The third kappa shape index (κ3) is 4.37. The summed E-state index contributed by atoms with van der Waals surface area (Å²) in [6, 6.07) is 24.6. The summed E-state index contributed by atoms with van der Waals surface area (Å²) < 4.78 is 1.62. The Bertz CT molecular complexity index is 1380. The van der Waals surface area contributed by atoms with Gasteiger partial charge in [0.15, 0.2) is 5.82 Å². The molecule has 36 heavy (non-hydrogen) atoms. The van der Waals surface area contributed by atoms with E-state index in [2.05, 4.69) is 20.8 Å². The summed E-state index contributed by atoms with van der Waals surface area (Å²) in [6.45, 7) is 5.83. The van der Waals surface area contributed by atoms with E-state index in [0.717, 1.165) is 22.6 Å². The molecule has 0 radical (unpaired) electrons. The molecule has 2 heterocycles. The zero-order valence-corrected chi connectivity index (χ0v) is 20.5. The molecule has 4 aromatic rings.